The van der Waals surface area contributed by atoms with E-state index < -0.39 is 0 Å². The third kappa shape index (κ3) is 0.313. The van der Waals surface area contributed by atoms with Crippen LogP contribution in [-0.4, -0.2) is 0 Å². The highest BCUT2D eigenvalue weighted by Crippen LogP contribution is 2.39. The fourth-order valence-corrected chi connectivity index (χ4v) is 1.33. The van der Waals surface area contributed by atoms with Crippen LogP contribution in [0, 0.1) is 0 Å². The van der Waals surface area contributed by atoms with Crippen LogP contribution in [0.5, 0.6) is 0 Å². The van der Waals surface area contributed by atoms with Gasteiger partial charge in [0.05, 0.1) is 0 Å². The molecule has 0 saturated carbocycles. The average Bonchev–Trinajstić information content (AvgIpc) is 2.09. The highest BCUT2D eigenvalue weighted by molar-refractivity contribution is 5.57. The summed E-state index contributed by atoms with van der Waals surface area (Å²) in [5, 5.41) is 0. The number of allylic oxidation sites excluding steroid dienone is 5. The predicted octanol–water partition coefficient (Wildman–Crippen LogP) is 2.20. The molecule has 0 atom stereocenters. The molecule has 0 unspecified atom stereocenters. The monoisotopic (exact) mass is 104 g/mol. The molecule has 0 fully saturated rings. The Hall–Kier alpha value is -0.780. The lowest BCUT2D eigenvalue weighted by atomic mass is 9.86. The molecule has 0 heteroatoms. The van der Waals surface area contributed by atoms with Crippen LogP contribution in [0.3, 0.4) is 0 Å². The van der Waals surface area contributed by atoms with Crippen molar-refractivity contribution < 1.29 is 0 Å². The lowest BCUT2D eigenvalue weighted by Gasteiger charge is -2.18. The van der Waals surface area contributed by atoms with Crippen molar-refractivity contribution in [2.45, 2.75) is 12.8 Å². The fourth-order valence-electron chi connectivity index (χ4n) is 1.33. The molecule has 8 heavy (non-hydrogen) atoms. The maximum atomic E-state index is 3.89. The van der Waals surface area contributed by atoms with Crippen LogP contribution in [0.25, 0.3) is 0 Å². The van der Waals surface area contributed by atoms with Crippen molar-refractivity contribution in [1.82, 2.24) is 0 Å². The summed E-state index contributed by atoms with van der Waals surface area (Å²) in [6.07, 6.45) is 6.75. The summed E-state index contributed by atoms with van der Waals surface area (Å²) in [6.45, 7) is 3.89. The summed E-state index contributed by atoms with van der Waals surface area (Å²) < 4.78 is 0. The van der Waals surface area contributed by atoms with Gasteiger partial charge in [-0.15, -0.1) is 0 Å². The highest BCUT2D eigenvalue weighted by atomic mass is 14.2. The van der Waals surface area contributed by atoms with Gasteiger partial charge in [0, 0.05) is 0 Å². The number of hydrogen-bond acceptors (Lipinski definition) is 0. The van der Waals surface area contributed by atoms with E-state index in [1.165, 1.54) is 24.0 Å². The Labute approximate surface area is 49.2 Å². The van der Waals surface area contributed by atoms with Gasteiger partial charge in [-0.05, 0) is 24.0 Å². The van der Waals surface area contributed by atoms with E-state index in [1.807, 2.05) is 0 Å². The smallest absolute Gasteiger partial charge is 0.00548 e. The number of rotatable bonds is 0. The first-order chi connectivity index (χ1) is 3.88. The zero-order chi connectivity index (χ0) is 5.56. The Morgan fingerprint density at radius 1 is 1.50 bits per heavy atom. The maximum Gasteiger partial charge on any atom is -0.00548 e. The largest absolute Gasteiger partial charge is 0.0949 e. The first-order valence-electron chi connectivity index (χ1n) is 2.94. The van der Waals surface area contributed by atoms with Crippen LogP contribution >= 0.6 is 0 Å². The quantitative estimate of drug-likeness (QED) is 0.442. The molecular formula is C8H8. The van der Waals surface area contributed by atoms with Crippen molar-refractivity contribution in [1.29, 1.82) is 0 Å². The van der Waals surface area contributed by atoms with E-state index in [4.69, 9.17) is 0 Å². The first-order valence-corrected chi connectivity index (χ1v) is 2.94. The van der Waals surface area contributed by atoms with Crippen molar-refractivity contribution in [3.05, 3.63) is 35.5 Å². The molecule has 0 heterocycles. The lowest BCUT2D eigenvalue weighted by Crippen LogP contribution is -2.00. The summed E-state index contributed by atoms with van der Waals surface area (Å²) in [6, 6.07) is 0. The van der Waals surface area contributed by atoms with Crippen LogP contribution in [0.2, 0.25) is 0 Å². The second-order valence-electron chi connectivity index (χ2n) is 2.40. The van der Waals surface area contributed by atoms with E-state index >= 15 is 0 Å². The predicted molar refractivity (Wildman–Crippen MR) is 34.5 cm³/mol. The van der Waals surface area contributed by atoms with Gasteiger partial charge in [0.1, 0.15) is 0 Å². The standard InChI is InChI=1S/C8H8/c1-6-5-7-3-2-4-8(6)7/h2,4H,1,3,5H2. The van der Waals surface area contributed by atoms with Crippen LogP contribution in [0.15, 0.2) is 35.5 Å². The summed E-state index contributed by atoms with van der Waals surface area (Å²) in [7, 11) is 0. The summed E-state index contributed by atoms with van der Waals surface area (Å²) in [5.74, 6) is 0. The molecule has 40 valence electrons. The molecule has 0 saturated heterocycles. The Kier molecular flexibility index (Phi) is 0.587. The minimum atomic E-state index is 1.17. The van der Waals surface area contributed by atoms with Gasteiger partial charge in [-0.25, -0.2) is 0 Å². The molecule has 0 spiro atoms. The molecule has 0 N–H and O–H groups in total. The van der Waals surface area contributed by atoms with E-state index in [1.54, 1.807) is 5.57 Å². The van der Waals surface area contributed by atoms with Crippen molar-refractivity contribution in [3.8, 4) is 0 Å². The third-order valence-electron chi connectivity index (χ3n) is 1.84. The third-order valence-corrected chi connectivity index (χ3v) is 1.84. The highest BCUT2D eigenvalue weighted by Gasteiger charge is 2.20. The fraction of sp³-hybridized carbons (Fsp3) is 0.250. The Bertz CT molecular complexity index is 200. The lowest BCUT2D eigenvalue weighted by molar-refractivity contribution is 0.993. The molecule has 2 aliphatic carbocycles. The van der Waals surface area contributed by atoms with E-state index in [-0.39, 0.29) is 0 Å². The average molecular weight is 104 g/mol. The second-order valence-corrected chi connectivity index (χ2v) is 2.40. The molecule has 0 radical (unpaired) electrons. The molecule has 0 nitrogen and oxygen atoms in total. The van der Waals surface area contributed by atoms with Crippen molar-refractivity contribution >= 4 is 0 Å². The Balaban J connectivity index is 2.47. The Morgan fingerprint density at radius 3 is 2.88 bits per heavy atom. The van der Waals surface area contributed by atoms with Gasteiger partial charge in [0.25, 0.3) is 0 Å². The van der Waals surface area contributed by atoms with Crippen molar-refractivity contribution in [2.24, 2.45) is 0 Å². The van der Waals surface area contributed by atoms with Gasteiger partial charge in [-0.3, -0.25) is 0 Å². The van der Waals surface area contributed by atoms with Crippen molar-refractivity contribution in [3.63, 3.8) is 0 Å². The molecule has 0 aromatic carbocycles. The molecule has 2 rings (SSSR count). The van der Waals surface area contributed by atoms with Gasteiger partial charge in [0.2, 0.25) is 0 Å². The van der Waals surface area contributed by atoms with Crippen LogP contribution < -0.4 is 0 Å². The van der Waals surface area contributed by atoms with Crippen LogP contribution in [-0.2, 0) is 0 Å². The molecule has 0 aliphatic heterocycles. The van der Waals surface area contributed by atoms with Crippen LogP contribution in [0.4, 0.5) is 0 Å². The van der Waals surface area contributed by atoms with E-state index in [2.05, 4.69) is 18.7 Å². The Morgan fingerprint density at radius 2 is 2.38 bits per heavy atom. The van der Waals surface area contributed by atoms with Gasteiger partial charge in [-0.2, -0.15) is 0 Å². The normalized spacial score (nSPS) is 23.8. The summed E-state index contributed by atoms with van der Waals surface area (Å²) >= 11 is 0. The first kappa shape index (κ1) is 4.13. The minimum Gasteiger partial charge on any atom is -0.0949 e. The summed E-state index contributed by atoms with van der Waals surface area (Å²) in [5.41, 5.74) is 4.36. The van der Waals surface area contributed by atoms with Gasteiger partial charge in [0.15, 0.2) is 0 Å². The number of hydrogen-bond donors (Lipinski definition) is 0. The summed E-state index contributed by atoms with van der Waals surface area (Å²) in [4.78, 5) is 0. The second kappa shape index (κ2) is 1.13. The SMILES string of the molecule is C=C1CC2=C1C=CC2. The topological polar surface area (TPSA) is 0 Å². The molecule has 2 aliphatic rings. The van der Waals surface area contributed by atoms with Crippen LogP contribution in [0.1, 0.15) is 12.8 Å². The van der Waals surface area contributed by atoms with Gasteiger partial charge < -0.3 is 0 Å². The zero-order valence-electron chi connectivity index (χ0n) is 4.78. The zero-order valence-corrected chi connectivity index (χ0v) is 4.78. The van der Waals surface area contributed by atoms with E-state index in [9.17, 15) is 0 Å². The van der Waals surface area contributed by atoms with Crippen molar-refractivity contribution in [2.75, 3.05) is 0 Å². The maximum absolute atomic E-state index is 3.89. The minimum absolute atomic E-state index is 1.17. The molecule has 0 aromatic heterocycles. The van der Waals surface area contributed by atoms with Gasteiger partial charge in [-0.1, -0.05) is 24.3 Å². The van der Waals surface area contributed by atoms with E-state index in [0.717, 1.165) is 0 Å². The molecule has 0 bridgehead atoms. The van der Waals surface area contributed by atoms with Gasteiger partial charge >= 0.3 is 0 Å². The van der Waals surface area contributed by atoms with E-state index in [0.29, 0.717) is 0 Å². The molecular weight excluding hydrogens is 96.1 g/mol. The molecule has 0 amide bonds. The molecule has 0 aromatic rings.